The molecule has 0 fully saturated rings. The molecule has 0 aliphatic heterocycles. The lowest BCUT2D eigenvalue weighted by Gasteiger charge is -2.08. The number of furan rings is 1. The van der Waals surface area contributed by atoms with Gasteiger partial charge in [-0.2, -0.15) is 0 Å². The van der Waals surface area contributed by atoms with Crippen LogP contribution in [0.4, 0.5) is 5.13 Å². The number of fused-ring (bicyclic) bond motifs is 1. The number of aromatic nitrogens is 2. The number of pyridine rings is 1. The number of nitrogens with zero attached hydrogens (tertiary/aromatic N) is 2. The van der Waals surface area contributed by atoms with Crippen molar-refractivity contribution in [2.45, 2.75) is 27.2 Å². The first kappa shape index (κ1) is 21.1. The summed E-state index contributed by atoms with van der Waals surface area (Å²) in [5, 5.41) is 4.35. The third-order valence-corrected chi connectivity index (χ3v) is 6.49. The SMILES string of the molecule is CCc1ccc(-c2nc(NC(=O)c3cc(-c4ccc(C)o4)nc4ccccc34)sc2C)cc1. The van der Waals surface area contributed by atoms with Crippen LogP contribution in [0.25, 0.3) is 33.6 Å². The Balaban J connectivity index is 1.49. The number of aryl methyl sites for hydroxylation is 3. The van der Waals surface area contributed by atoms with Crippen molar-refractivity contribution in [2.75, 3.05) is 5.32 Å². The maximum atomic E-state index is 13.4. The van der Waals surface area contributed by atoms with E-state index < -0.39 is 0 Å². The Kier molecular flexibility index (Phi) is 5.52. The van der Waals surface area contributed by atoms with E-state index in [1.165, 1.54) is 16.9 Å². The van der Waals surface area contributed by atoms with E-state index >= 15 is 0 Å². The Morgan fingerprint density at radius 2 is 1.79 bits per heavy atom. The first-order valence-corrected chi connectivity index (χ1v) is 11.7. The van der Waals surface area contributed by atoms with E-state index in [2.05, 4.69) is 36.5 Å². The van der Waals surface area contributed by atoms with Crippen molar-refractivity contribution in [1.82, 2.24) is 9.97 Å². The normalized spacial score (nSPS) is 11.1. The van der Waals surface area contributed by atoms with Crippen LogP contribution in [0.15, 0.2) is 71.1 Å². The molecule has 0 bridgehead atoms. The second kappa shape index (κ2) is 8.64. The second-order valence-electron chi connectivity index (χ2n) is 7.91. The fraction of sp³-hybridized carbons (Fsp3) is 0.148. The van der Waals surface area contributed by atoms with E-state index in [0.29, 0.717) is 22.1 Å². The highest BCUT2D eigenvalue weighted by Gasteiger charge is 2.18. The van der Waals surface area contributed by atoms with Gasteiger partial charge in [-0.1, -0.05) is 49.4 Å². The zero-order chi connectivity index (χ0) is 22.9. The number of rotatable bonds is 5. The van der Waals surface area contributed by atoms with Crippen molar-refractivity contribution in [3.8, 4) is 22.7 Å². The Bertz CT molecular complexity index is 1460. The number of hydrogen-bond donors (Lipinski definition) is 1. The van der Waals surface area contributed by atoms with Gasteiger partial charge in [0, 0.05) is 15.8 Å². The Hall–Kier alpha value is -3.77. The number of thiazole rings is 1. The van der Waals surface area contributed by atoms with Gasteiger partial charge < -0.3 is 4.42 Å². The van der Waals surface area contributed by atoms with Crippen molar-refractivity contribution in [3.63, 3.8) is 0 Å². The zero-order valence-electron chi connectivity index (χ0n) is 18.7. The molecule has 1 N–H and O–H groups in total. The van der Waals surface area contributed by atoms with Crippen LogP contribution in [0.2, 0.25) is 0 Å². The predicted molar refractivity (Wildman–Crippen MR) is 134 cm³/mol. The van der Waals surface area contributed by atoms with Gasteiger partial charge in [-0.3, -0.25) is 10.1 Å². The predicted octanol–water partition coefficient (Wildman–Crippen LogP) is 7.05. The van der Waals surface area contributed by atoms with Gasteiger partial charge in [-0.05, 0) is 50.1 Å². The lowest BCUT2D eigenvalue weighted by Crippen LogP contribution is -2.13. The molecule has 5 aromatic rings. The standard InChI is InChI=1S/C27H23N3O2S/c1-4-18-10-12-19(13-11-18)25-17(3)33-27(29-25)30-26(31)21-15-23(24-14-9-16(2)32-24)28-22-8-6-5-7-20(21)22/h5-15H,4H2,1-3H3,(H,29,30,31). The molecule has 0 saturated heterocycles. The third-order valence-electron chi connectivity index (χ3n) is 5.61. The fourth-order valence-corrected chi connectivity index (χ4v) is 4.67. The highest BCUT2D eigenvalue weighted by atomic mass is 32.1. The quantitative estimate of drug-likeness (QED) is 0.310. The largest absolute Gasteiger partial charge is 0.460 e. The molecular formula is C27H23N3O2S. The lowest BCUT2D eigenvalue weighted by molar-refractivity contribution is 0.102. The molecule has 0 spiro atoms. The highest BCUT2D eigenvalue weighted by molar-refractivity contribution is 7.16. The fourth-order valence-electron chi connectivity index (χ4n) is 3.84. The molecule has 5 rings (SSSR count). The second-order valence-corrected chi connectivity index (χ2v) is 9.11. The van der Waals surface area contributed by atoms with Crippen molar-refractivity contribution in [2.24, 2.45) is 0 Å². The maximum absolute atomic E-state index is 13.4. The molecule has 0 aliphatic rings. The monoisotopic (exact) mass is 453 g/mol. The van der Waals surface area contributed by atoms with Crippen molar-refractivity contribution in [1.29, 1.82) is 0 Å². The Morgan fingerprint density at radius 1 is 1.00 bits per heavy atom. The number of anilines is 1. The average Bonchev–Trinajstić information content (AvgIpc) is 3.43. The van der Waals surface area contributed by atoms with Gasteiger partial charge in [0.25, 0.3) is 5.91 Å². The first-order valence-electron chi connectivity index (χ1n) is 10.9. The number of nitrogens with one attached hydrogen (secondary N) is 1. The van der Waals surface area contributed by atoms with Gasteiger partial charge >= 0.3 is 0 Å². The van der Waals surface area contributed by atoms with E-state index in [4.69, 9.17) is 14.4 Å². The molecule has 3 heterocycles. The minimum atomic E-state index is -0.222. The summed E-state index contributed by atoms with van der Waals surface area (Å²) in [6, 6.07) is 21.6. The molecule has 1 amide bonds. The molecule has 2 aromatic carbocycles. The van der Waals surface area contributed by atoms with Gasteiger partial charge in [0.2, 0.25) is 0 Å². The molecule has 33 heavy (non-hydrogen) atoms. The van der Waals surface area contributed by atoms with Crippen molar-refractivity contribution < 1.29 is 9.21 Å². The summed E-state index contributed by atoms with van der Waals surface area (Å²) in [4.78, 5) is 23.8. The van der Waals surface area contributed by atoms with Crippen LogP contribution in [0.5, 0.6) is 0 Å². The molecule has 0 unspecified atom stereocenters. The van der Waals surface area contributed by atoms with Gasteiger partial charge in [-0.25, -0.2) is 9.97 Å². The minimum Gasteiger partial charge on any atom is -0.460 e. The average molecular weight is 454 g/mol. The van der Waals surface area contributed by atoms with Crippen LogP contribution in [0.1, 0.15) is 33.5 Å². The van der Waals surface area contributed by atoms with Crippen LogP contribution in [-0.4, -0.2) is 15.9 Å². The number of hydrogen-bond acceptors (Lipinski definition) is 5. The summed E-state index contributed by atoms with van der Waals surface area (Å²) < 4.78 is 5.75. The van der Waals surface area contributed by atoms with Crippen LogP contribution in [0.3, 0.4) is 0 Å². The summed E-state index contributed by atoms with van der Waals surface area (Å²) in [5.41, 5.74) is 5.12. The summed E-state index contributed by atoms with van der Waals surface area (Å²) in [7, 11) is 0. The maximum Gasteiger partial charge on any atom is 0.258 e. The molecule has 0 saturated carbocycles. The minimum absolute atomic E-state index is 0.222. The molecule has 0 aliphatic carbocycles. The van der Waals surface area contributed by atoms with E-state index in [1.54, 1.807) is 6.07 Å². The number of carbonyl (C=O) groups excluding carboxylic acids is 1. The van der Waals surface area contributed by atoms with Gasteiger partial charge in [-0.15, -0.1) is 11.3 Å². The zero-order valence-corrected chi connectivity index (χ0v) is 19.5. The first-order chi connectivity index (χ1) is 16.0. The van der Waals surface area contributed by atoms with E-state index in [0.717, 1.165) is 39.2 Å². The molecule has 164 valence electrons. The van der Waals surface area contributed by atoms with Crippen LogP contribution >= 0.6 is 11.3 Å². The number of amides is 1. The van der Waals surface area contributed by atoms with Crippen LogP contribution < -0.4 is 5.32 Å². The van der Waals surface area contributed by atoms with E-state index in [-0.39, 0.29) is 5.91 Å². The molecule has 3 aromatic heterocycles. The third kappa shape index (κ3) is 4.17. The summed E-state index contributed by atoms with van der Waals surface area (Å²) in [6.45, 7) is 6.05. The van der Waals surface area contributed by atoms with Gasteiger partial charge in [0.15, 0.2) is 10.9 Å². The van der Waals surface area contributed by atoms with Gasteiger partial charge in [0.1, 0.15) is 11.5 Å². The van der Waals surface area contributed by atoms with Crippen molar-refractivity contribution in [3.05, 3.63) is 88.5 Å². The number of para-hydroxylation sites is 1. The Labute approximate surface area is 196 Å². The molecular weight excluding hydrogens is 430 g/mol. The summed E-state index contributed by atoms with van der Waals surface area (Å²) in [5.74, 6) is 1.21. The van der Waals surface area contributed by atoms with Crippen molar-refractivity contribution >= 4 is 33.3 Å². The van der Waals surface area contributed by atoms with E-state index in [9.17, 15) is 4.79 Å². The summed E-state index contributed by atoms with van der Waals surface area (Å²) >= 11 is 1.47. The smallest absolute Gasteiger partial charge is 0.258 e. The Morgan fingerprint density at radius 3 is 2.52 bits per heavy atom. The van der Waals surface area contributed by atoms with Crippen LogP contribution in [-0.2, 0) is 6.42 Å². The topological polar surface area (TPSA) is 68.0 Å². The highest BCUT2D eigenvalue weighted by Crippen LogP contribution is 2.32. The molecule has 6 heteroatoms. The lowest BCUT2D eigenvalue weighted by atomic mass is 10.1. The molecule has 0 radical (unpaired) electrons. The molecule has 0 atom stereocenters. The molecule has 5 nitrogen and oxygen atoms in total. The van der Waals surface area contributed by atoms with E-state index in [1.807, 2.05) is 50.2 Å². The van der Waals surface area contributed by atoms with Crippen LogP contribution in [0, 0.1) is 13.8 Å². The van der Waals surface area contributed by atoms with Gasteiger partial charge in [0.05, 0.1) is 16.8 Å². The number of carbonyl (C=O) groups is 1. The number of benzene rings is 2. The summed E-state index contributed by atoms with van der Waals surface area (Å²) in [6.07, 6.45) is 0.997.